The van der Waals surface area contributed by atoms with Crippen LogP contribution < -0.4 is 4.90 Å². The van der Waals surface area contributed by atoms with Gasteiger partial charge < -0.3 is 4.74 Å². The van der Waals surface area contributed by atoms with Gasteiger partial charge in [-0.2, -0.15) is 13.2 Å². The summed E-state index contributed by atoms with van der Waals surface area (Å²) in [4.78, 5) is 13.5. The molecule has 1 aliphatic rings. The van der Waals surface area contributed by atoms with E-state index in [4.69, 9.17) is 4.74 Å². The Morgan fingerprint density at radius 1 is 1.38 bits per heavy atom. The van der Waals surface area contributed by atoms with Gasteiger partial charge in [0.25, 0.3) is 0 Å². The highest BCUT2D eigenvalue weighted by Crippen LogP contribution is 2.39. The quantitative estimate of drug-likeness (QED) is 0.760. The molecule has 1 amide bonds. The first kappa shape index (κ1) is 15.7. The Labute approximate surface area is 121 Å². The molecule has 1 atom stereocenters. The minimum absolute atomic E-state index is 0.0228. The maximum absolute atomic E-state index is 12.8. The van der Waals surface area contributed by atoms with Crippen molar-refractivity contribution in [3.05, 3.63) is 29.3 Å². The first-order valence-electron chi connectivity index (χ1n) is 6.89. The predicted octanol–water partition coefficient (Wildman–Crippen LogP) is 4.56. The topological polar surface area (TPSA) is 29.5 Å². The van der Waals surface area contributed by atoms with E-state index in [2.05, 4.69) is 0 Å². The molecule has 0 N–H and O–H groups in total. The number of carbonyl (C=O) groups is 1. The summed E-state index contributed by atoms with van der Waals surface area (Å²) >= 11 is 0. The molecule has 0 saturated carbocycles. The van der Waals surface area contributed by atoms with Gasteiger partial charge in [0, 0.05) is 6.54 Å². The van der Waals surface area contributed by atoms with Crippen LogP contribution in [0.2, 0.25) is 0 Å². The number of hydrogen-bond acceptors (Lipinski definition) is 2. The number of rotatable bonds is 1. The summed E-state index contributed by atoms with van der Waals surface area (Å²) < 4.78 is 43.6. The smallest absolute Gasteiger partial charge is 0.416 e. The second-order valence-corrected chi connectivity index (χ2v) is 5.55. The number of halogens is 3. The van der Waals surface area contributed by atoms with Gasteiger partial charge in [0.15, 0.2) is 0 Å². The second kappa shape index (κ2) is 5.58. The van der Waals surface area contributed by atoms with Gasteiger partial charge in [-0.15, -0.1) is 0 Å². The molecule has 0 bridgehead atoms. The van der Waals surface area contributed by atoms with E-state index >= 15 is 0 Å². The first-order chi connectivity index (χ1) is 9.70. The molecule has 0 aliphatic carbocycles. The fourth-order valence-electron chi connectivity index (χ4n) is 2.42. The standard InChI is InChI=1S/C15H18F3NO2/c1-9(2)21-14(20)19-7-6-10(3)12-8-11(15(16,17)18)4-5-13(12)19/h4-5,8-10H,6-7H2,1-3H3. The monoisotopic (exact) mass is 301 g/mol. The first-order valence-corrected chi connectivity index (χ1v) is 6.89. The minimum atomic E-state index is -4.38. The fourth-order valence-corrected chi connectivity index (χ4v) is 2.42. The van der Waals surface area contributed by atoms with Gasteiger partial charge in [-0.25, -0.2) is 4.79 Å². The lowest BCUT2D eigenvalue weighted by Gasteiger charge is -2.33. The molecule has 21 heavy (non-hydrogen) atoms. The summed E-state index contributed by atoms with van der Waals surface area (Å²) in [6.07, 6.45) is -4.55. The van der Waals surface area contributed by atoms with Gasteiger partial charge in [-0.05, 0) is 49.9 Å². The van der Waals surface area contributed by atoms with Crippen molar-refractivity contribution in [3.63, 3.8) is 0 Å². The number of alkyl halides is 3. The van der Waals surface area contributed by atoms with Gasteiger partial charge >= 0.3 is 12.3 Å². The Morgan fingerprint density at radius 2 is 2.05 bits per heavy atom. The average Bonchev–Trinajstić information content (AvgIpc) is 2.36. The molecule has 1 aromatic rings. The Hall–Kier alpha value is -1.72. The summed E-state index contributed by atoms with van der Waals surface area (Å²) in [6, 6.07) is 3.50. The van der Waals surface area contributed by atoms with Crippen LogP contribution in [0.4, 0.5) is 23.7 Å². The number of anilines is 1. The molecule has 0 spiro atoms. The highest BCUT2D eigenvalue weighted by molar-refractivity contribution is 5.89. The average molecular weight is 301 g/mol. The fraction of sp³-hybridized carbons (Fsp3) is 0.533. The number of fused-ring (bicyclic) bond motifs is 1. The Balaban J connectivity index is 2.38. The minimum Gasteiger partial charge on any atom is -0.446 e. The van der Waals surface area contributed by atoms with E-state index in [0.717, 1.165) is 12.1 Å². The van der Waals surface area contributed by atoms with Crippen molar-refractivity contribution >= 4 is 11.8 Å². The number of amides is 1. The third-order valence-electron chi connectivity index (χ3n) is 3.52. The zero-order valence-corrected chi connectivity index (χ0v) is 12.2. The summed E-state index contributed by atoms with van der Waals surface area (Å²) in [5.41, 5.74) is 0.358. The summed E-state index contributed by atoms with van der Waals surface area (Å²) in [6.45, 7) is 5.78. The molecule has 0 saturated heterocycles. The van der Waals surface area contributed by atoms with Crippen molar-refractivity contribution < 1.29 is 22.7 Å². The lowest BCUT2D eigenvalue weighted by Crippen LogP contribution is -2.38. The molecule has 6 heteroatoms. The molecule has 1 unspecified atom stereocenters. The maximum atomic E-state index is 12.8. The zero-order valence-electron chi connectivity index (χ0n) is 12.2. The van der Waals surface area contributed by atoms with E-state index in [1.165, 1.54) is 11.0 Å². The van der Waals surface area contributed by atoms with Gasteiger partial charge in [0.2, 0.25) is 0 Å². The van der Waals surface area contributed by atoms with Crippen molar-refractivity contribution in [2.45, 2.75) is 45.4 Å². The van der Waals surface area contributed by atoms with E-state index < -0.39 is 17.8 Å². The molecule has 116 valence electrons. The van der Waals surface area contributed by atoms with Crippen LogP contribution in [-0.4, -0.2) is 18.7 Å². The largest absolute Gasteiger partial charge is 0.446 e. The molecule has 0 fully saturated rings. The maximum Gasteiger partial charge on any atom is 0.416 e. The molecule has 0 radical (unpaired) electrons. The summed E-state index contributed by atoms with van der Waals surface area (Å²) in [7, 11) is 0. The lowest BCUT2D eigenvalue weighted by atomic mass is 9.90. The highest BCUT2D eigenvalue weighted by Gasteiger charge is 2.34. The number of ether oxygens (including phenoxy) is 1. The highest BCUT2D eigenvalue weighted by atomic mass is 19.4. The van der Waals surface area contributed by atoms with Crippen LogP contribution in [-0.2, 0) is 10.9 Å². The van der Waals surface area contributed by atoms with Crippen LogP contribution in [0.1, 0.15) is 44.2 Å². The third-order valence-corrected chi connectivity index (χ3v) is 3.52. The van der Waals surface area contributed by atoms with Crippen LogP contribution in [0.5, 0.6) is 0 Å². The van der Waals surface area contributed by atoms with Crippen LogP contribution in [0.3, 0.4) is 0 Å². The molecular formula is C15H18F3NO2. The van der Waals surface area contributed by atoms with Gasteiger partial charge in [-0.3, -0.25) is 4.90 Å². The lowest BCUT2D eigenvalue weighted by molar-refractivity contribution is -0.137. The van der Waals surface area contributed by atoms with Crippen molar-refractivity contribution in [1.29, 1.82) is 0 Å². The van der Waals surface area contributed by atoms with Crippen LogP contribution in [0.15, 0.2) is 18.2 Å². The van der Waals surface area contributed by atoms with Crippen molar-refractivity contribution in [1.82, 2.24) is 0 Å². The number of benzene rings is 1. The molecule has 0 aromatic heterocycles. The Morgan fingerprint density at radius 3 is 2.62 bits per heavy atom. The van der Waals surface area contributed by atoms with E-state index in [-0.39, 0.29) is 12.0 Å². The van der Waals surface area contributed by atoms with E-state index in [0.29, 0.717) is 24.2 Å². The van der Waals surface area contributed by atoms with Crippen LogP contribution >= 0.6 is 0 Å². The Kier molecular flexibility index (Phi) is 4.16. The zero-order chi connectivity index (χ0) is 15.8. The molecular weight excluding hydrogens is 283 g/mol. The third kappa shape index (κ3) is 3.31. The number of nitrogens with zero attached hydrogens (tertiary/aromatic N) is 1. The predicted molar refractivity (Wildman–Crippen MR) is 73.4 cm³/mol. The van der Waals surface area contributed by atoms with Crippen molar-refractivity contribution in [2.24, 2.45) is 0 Å². The van der Waals surface area contributed by atoms with Gasteiger partial charge in [0.05, 0.1) is 17.4 Å². The van der Waals surface area contributed by atoms with Crippen LogP contribution in [0, 0.1) is 0 Å². The van der Waals surface area contributed by atoms with Crippen molar-refractivity contribution in [3.8, 4) is 0 Å². The molecule has 3 nitrogen and oxygen atoms in total. The molecule has 1 aromatic carbocycles. The summed E-state index contributed by atoms with van der Waals surface area (Å²) in [5, 5.41) is 0. The molecule has 1 heterocycles. The number of hydrogen-bond donors (Lipinski definition) is 0. The molecule has 1 aliphatic heterocycles. The van der Waals surface area contributed by atoms with E-state index in [1.54, 1.807) is 13.8 Å². The summed E-state index contributed by atoms with van der Waals surface area (Å²) in [5.74, 6) is -0.0228. The van der Waals surface area contributed by atoms with Crippen molar-refractivity contribution in [2.75, 3.05) is 11.4 Å². The van der Waals surface area contributed by atoms with E-state index in [9.17, 15) is 18.0 Å². The van der Waals surface area contributed by atoms with Gasteiger partial charge in [0.1, 0.15) is 0 Å². The molecule has 2 rings (SSSR count). The second-order valence-electron chi connectivity index (χ2n) is 5.55. The van der Waals surface area contributed by atoms with Crippen LogP contribution in [0.25, 0.3) is 0 Å². The number of carbonyl (C=O) groups excluding carboxylic acids is 1. The Bertz CT molecular complexity index is 540. The van der Waals surface area contributed by atoms with Gasteiger partial charge in [-0.1, -0.05) is 6.92 Å². The normalized spacial score (nSPS) is 18.6. The van der Waals surface area contributed by atoms with E-state index in [1.807, 2.05) is 6.92 Å². The SMILES string of the molecule is CC(C)OC(=O)N1CCC(C)c2cc(C(F)(F)F)ccc21.